The Morgan fingerprint density at radius 2 is 2.07 bits per heavy atom. The summed E-state index contributed by atoms with van der Waals surface area (Å²) in [7, 11) is 0. The third-order valence-electron chi connectivity index (χ3n) is 2.21. The molecule has 76 valence electrons. The van der Waals surface area contributed by atoms with Crippen LogP contribution in [-0.4, -0.2) is 15.8 Å². The highest BCUT2D eigenvalue weighted by Gasteiger charge is 2.11. The predicted octanol–water partition coefficient (Wildman–Crippen LogP) is 1.80. The van der Waals surface area contributed by atoms with Gasteiger partial charge in [0, 0.05) is 11.8 Å². The summed E-state index contributed by atoms with van der Waals surface area (Å²) in [5.74, 6) is 0.130. The molecule has 0 unspecified atom stereocenters. The van der Waals surface area contributed by atoms with Crippen molar-refractivity contribution in [1.82, 2.24) is 9.97 Å². The molecule has 0 aliphatic carbocycles. The van der Waals surface area contributed by atoms with Gasteiger partial charge in [0.1, 0.15) is 5.69 Å². The van der Waals surface area contributed by atoms with Crippen molar-refractivity contribution < 1.29 is 4.79 Å². The molecule has 0 saturated heterocycles. The Labute approximate surface area is 87.1 Å². The number of aromatic nitrogens is 2. The van der Waals surface area contributed by atoms with E-state index in [1.807, 2.05) is 24.3 Å². The van der Waals surface area contributed by atoms with Crippen molar-refractivity contribution in [2.75, 3.05) is 5.73 Å². The molecule has 0 bridgehead atoms. The minimum absolute atomic E-state index is 0.0136. The molecule has 0 atom stereocenters. The number of fused-ring (bicyclic) bond motifs is 1. The third-order valence-corrected chi connectivity index (χ3v) is 2.21. The second-order valence-electron chi connectivity index (χ2n) is 3.22. The number of Topliss-reactive ketones (excluding diaryl/α,β-unsaturated/α-hetero) is 1. The smallest absolute Gasteiger partial charge is 0.221 e. The molecular weight excluding hydrogens is 190 g/mol. The normalized spacial score (nSPS) is 10.5. The van der Waals surface area contributed by atoms with Crippen LogP contribution in [0.2, 0.25) is 0 Å². The van der Waals surface area contributed by atoms with Crippen LogP contribution in [0.5, 0.6) is 0 Å². The summed E-state index contributed by atoms with van der Waals surface area (Å²) in [6.45, 7) is 1.80. The van der Waals surface area contributed by atoms with Crippen molar-refractivity contribution in [3.05, 3.63) is 30.0 Å². The Hall–Kier alpha value is -1.97. The number of nitrogen functional groups attached to an aromatic ring is 1. The second kappa shape index (κ2) is 3.65. The van der Waals surface area contributed by atoms with Crippen molar-refractivity contribution in [2.45, 2.75) is 13.3 Å². The van der Waals surface area contributed by atoms with Gasteiger partial charge in [-0.15, -0.1) is 0 Å². The van der Waals surface area contributed by atoms with E-state index in [2.05, 4.69) is 9.97 Å². The Kier molecular flexibility index (Phi) is 2.33. The first kappa shape index (κ1) is 9.58. The molecule has 4 heteroatoms. The molecule has 0 aliphatic rings. The summed E-state index contributed by atoms with van der Waals surface area (Å²) >= 11 is 0. The van der Waals surface area contributed by atoms with E-state index in [0.717, 1.165) is 5.39 Å². The summed E-state index contributed by atoms with van der Waals surface area (Å²) < 4.78 is 0. The maximum absolute atomic E-state index is 11.6. The first-order valence-corrected chi connectivity index (χ1v) is 4.78. The minimum Gasteiger partial charge on any atom is -0.368 e. The number of rotatable bonds is 2. The van der Waals surface area contributed by atoms with Crippen molar-refractivity contribution in [3.63, 3.8) is 0 Å². The molecule has 0 aliphatic heterocycles. The number of nitrogens with two attached hydrogens (primary N) is 1. The van der Waals surface area contributed by atoms with Gasteiger partial charge in [0.25, 0.3) is 0 Å². The largest absolute Gasteiger partial charge is 0.368 e. The van der Waals surface area contributed by atoms with Gasteiger partial charge < -0.3 is 5.73 Å². The average Bonchev–Trinajstić information content (AvgIpc) is 2.26. The summed E-state index contributed by atoms with van der Waals surface area (Å²) in [6, 6.07) is 7.36. The maximum Gasteiger partial charge on any atom is 0.221 e. The SMILES string of the molecule is CCC(=O)c1nc(N)nc2ccccc12. The number of hydrogen-bond donors (Lipinski definition) is 1. The van der Waals surface area contributed by atoms with Crippen molar-refractivity contribution in [1.29, 1.82) is 0 Å². The number of carbonyl (C=O) groups excluding carboxylic acids is 1. The molecule has 1 heterocycles. The number of carbonyl (C=O) groups is 1. The quantitative estimate of drug-likeness (QED) is 0.752. The molecule has 2 rings (SSSR count). The zero-order valence-corrected chi connectivity index (χ0v) is 8.40. The molecular formula is C11H11N3O. The van der Waals surface area contributed by atoms with Gasteiger partial charge in [0.15, 0.2) is 5.78 Å². The second-order valence-corrected chi connectivity index (χ2v) is 3.22. The van der Waals surface area contributed by atoms with Crippen LogP contribution >= 0.6 is 0 Å². The predicted molar refractivity (Wildman–Crippen MR) is 58.6 cm³/mol. The van der Waals surface area contributed by atoms with E-state index in [1.54, 1.807) is 6.92 Å². The Balaban J connectivity index is 2.76. The summed E-state index contributed by atoms with van der Waals surface area (Å²) in [6.07, 6.45) is 0.417. The maximum atomic E-state index is 11.6. The third kappa shape index (κ3) is 1.66. The highest BCUT2D eigenvalue weighted by atomic mass is 16.1. The van der Waals surface area contributed by atoms with Crippen molar-refractivity contribution in [3.8, 4) is 0 Å². The van der Waals surface area contributed by atoms with Gasteiger partial charge in [-0.25, -0.2) is 9.97 Å². The molecule has 0 radical (unpaired) electrons. The number of ketones is 1. The van der Waals surface area contributed by atoms with Crippen LogP contribution in [0, 0.1) is 0 Å². The lowest BCUT2D eigenvalue weighted by molar-refractivity contribution is 0.0985. The molecule has 0 saturated carbocycles. The van der Waals surface area contributed by atoms with Crippen LogP contribution < -0.4 is 5.73 Å². The average molecular weight is 201 g/mol. The zero-order chi connectivity index (χ0) is 10.8. The van der Waals surface area contributed by atoms with Gasteiger partial charge in [-0.05, 0) is 6.07 Å². The van der Waals surface area contributed by atoms with Crippen LogP contribution in [0.1, 0.15) is 23.8 Å². The lowest BCUT2D eigenvalue weighted by atomic mass is 10.1. The molecule has 0 fully saturated rings. The summed E-state index contributed by atoms with van der Waals surface area (Å²) in [5.41, 5.74) is 6.67. The van der Waals surface area contributed by atoms with Gasteiger partial charge >= 0.3 is 0 Å². The zero-order valence-electron chi connectivity index (χ0n) is 8.40. The van der Waals surface area contributed by atoms with E-state index in [4.69, 9.17) is 5.73 Å². The lowest BCUT2D eigenvalue weighted by Crippen LogP contribution is -2.06. The standard InChI is InChI=1S/C11H11N3O/c1-2-9(15)10-7-5-3-4-6-8(7)13-11(12)14-10/h3-6H,2H2,1H3,(H2,12,13,14). The highest BCUT2D eigenvalue weighted by molar-refractivity contribution is 6.05. The van der Waals surface area contributed by atoms with Gasteiger partial charge in [0.05, 0.1) is 5.52 Å². The Morgan fingerprint density at radius 3 is 2.80 bits per heavy atom. The molecule has 4 nitrogen and oxygen atoms in total. The Morgan fingerprint density at radius 1 is 1.33 bits per heavy atom. The van der Waals surface area contributed by atoms with Crippen LogP contribution in [0.3, 0.4) is 0 Å². The van der Waals surface area contributed by atoms with Gasteiger partial charge in [-0.3, -0.25) is 4.79 Å². The number of hydrogen-bond acceptors (Lipinski definition) is 4. The van der Waals surface area contributed by atoms with Crippen LogP contribution in [-0.2, 0) is 0 Å². The number of anilines is 1. The summed E-state index contributed by atoms with van der Waals surface area (Å²) in [4.78, 5) is 19.7. The topological polar surface area (TPSA) is 68.9 Å². The fourth-order valence-corrected chi connectivity index (χ4v) is 1.47. The summed E-state index contributed by atoms with van der Waals surface area (Å²) in [5, 5.41) is 0.763. The fraction of sp³-hybridized carbons (Fsp3) is 0.182. The number of nitrogens with zero attached hydrogens (tertiary/aromatic N) is 2. The number of benzene rings is 1. The van der Waals surface area contributed by atoms with E-state index < -0.39 is 0 Å². The monoisotopic (exact) mass is 201 g/mol. The van der Waals surface area contributed by atoms with E-state index in [9.17, 15) is 4.79 Å². The lowest BCUT2D eigenvalue weighted by Gasteiger charge is -2.03. The molecule has 15 heavy (non-hydrogen) atoms. The van der Waals surface area contributed by atoms with E-state index in [-0.39, 0.29) is 11.7 Å². The molecule has 1 aromatic heterocycles. The van der Waals surface area contributed by atoms with Gasteiger partial charge in [-0.2, -0.15) is 0 Å². The molecule has 1 aromatic carbocycles. The van der Waals surface area contributed by atoms with Crippen molar-refractivity contribution in [2.24, 2.45) is 0 Å². The molecule has 2 N–H and O–H groups in total. The molecule has 2 aromatic rings. The van der Waals surface area contributed by atoms with Gasteiger partial charge in [-0.1, -0.05) is 25.1 Å². The minimum atomic E-state index is -0.0136. The van der Waals surface area contributed by atoms with Crippen LogP contribution in [0.4, 0.5) is 5.95 Å². The van der Waals surface area contributed by atoms with Gasteiger partial charge in [0.2, 0.25) is 5.95 Å². The number of para-hydroxylation sites is 1. The Bertz CT molecular complexity index is 522. The van der Waals surface area contributed by atoms with E-state index in [1.165, 1.54) is 0 Å². The van der Waals surface area contributed by atoms with Crippen molar-refractivity contribution >= 4 is 22.6 Å². The molecule has 0 amide bonds. The van der Waals surface area contributed by atoms with E-state index >= 15 is 0 Å². The van der Waals surface area contributed by atoms with Crippen LogP contribution in [0.15, 0.2) is 24.3 Å². The highest BCUT2D eigenvalue weighted by Crippen LogP contribution is 2.17. The first-order valence-electron chi connectivity index (χ1n) is 4.78. The van der Waals surface area contributed by atoms with E-state index in [0.29, 0.717) is 17.6 Å². The fourth-order valence-electron chi connectivity index (χ4n) is 1.47. The van der Waals surface area contributed by atoms with Crippen LogP contribution in [0.25, 0.3) is 10.9 Å². The first-order chi connectivity index (χ1) is 7.22. The molecule has 0 spiro atoms.